The predicted octanol–water partition coefficient (Wildman–Crippen LogP) is 6.47. The van der Waals surface area contributed by atoms with E-state index in [1.54, 1.807) is 0 Å². The van der Waals surface area contributed by atoms with Crippen molar-refractivity contribution in [2.75, 3.05) is 0 Å². The molecule has 0 unspecified atom stereocenters. The van der Waals surface area contributed by atoms with Crippen molar-refractivity contribution in [1.29, 1.82) is 0 Å². The fourth-order valence-corrected chi connectivity index (χ4v) is 4.06. The van der Waals surface area contributed by atoms with Crippen molar-refractivity contribution in [3.05, 3.63) is 119 Å². The highest BCUT2D eigenvalue weighted by Crippen LogP contribution is 2.47. The Morgan fingerprint density at radius 1 is 0.520 bits per heavy atom. The molecule has 1 aliphatic carbocycles. The Labute approximate surface area is 148 Å². The predicted molar refractivity (Wildman–Crippen MR) is 107 cm³/mol. The molecule has 5 rings (SSSR count). The number of hydrogen-bond donors (Lipinski definition) is 0. The van der Waals surface area contributed by atoms with Crippen molar-refractivity contribution in [2.24, 2.45) is 0 Å². The standard InChI is InChI=1S/C25H18/c1-17-15-20-13-8-14-21-23(20)22(16-17)25(19-11-6-3-7-12-19)24(21)18-9-4-2-5-10-18/h2-16H,1H3. The highest BCUT2D eigenvalue weighted by atomic mass is 14.3. The van der Waals surface area contributed by atoms with E-state index < -0.39 is 0 Å². The fourth-order valence-electron chi connectivity index (χ4n) is 4.06. The summed E-state index contributed by atoms with van der Waals surface area (Å²) >= 11 is 0. The Hall–Kier alpha value is -3.12. The topological polar surface area (TPSA) is 0 Å². The molecule has 0 amide bonds. The van der Waals surface area contributed by atoms with E-state index in [0.717, 1.165) is 0 Å². The van der Waals surface area contributed by atoms with Crippen molar-refractivity contribution in [3.8, 4) is 0 Å². The number of hydrogen-bond acceptors (Lipinski definition) is 0. The van der Waals surface area contributed by atoms with Crippen LogP contribution < -0.4 is 0 Å². The van der Waals surface area contributed by atoms with Crippen LogP contribution in [0.5, 0.6) is 0 Å². The lowest BCUT2D eigenvalue weighted by Gasteiger charge is -2.11. The Morgan fingerprint density at radius 3 is 1.76 bits per heavy atom. The molecule has 0 spiro atoms. The van der Waals surface area contributed by atoms with Crippen molar-refractivity contribution >= 4 is 21.9 Å². The molecule has 0 heterocycles. The first-order chi connectivity index (χ1) is 12.3. The van der Waals surface area contributed by atoms with Crippen LogP contribution >= 0.6 is 0 Å². The molecule has 0 nitrogen and oxygen atoms in total. The highest BCUT2D eigenvalue weighted by molar-refractivity contribution is 6.20. The maximum atomic E-state index is 2.34. The zero-order valence-electron chi connectivity index (χ0n) is 14.2. The third kappa shape index (κ3) is 2.15. The molecule has 4 aromatic rings. The van der Waals surface area contributed by atoms with Gasteiger partial charge in [0.15, 0.2) is 0 Å². The van der Waals surface area contributed by atoms with Gasteiger partial charge < -0.3 is 0 Å². The molecule has 0 aliphatic heterocycles. The summed E-state index contributed by atoms with van der Waals surface area (Å²) < 4.78 is 0. The van der Waals surface area contributed by atoms with Crippen molar-refractivity contribution in [1.82, 2.24) is 0 Å². The molecule has 0 atom stereocenters. The Kier molecular flexibility index (Phi) is 3.11. The molecule has 0 saturated carbocycles. The largest absolute Gasteiger partial charge is 0.0622 e. The van der Waals surface area contributed by atoms with Crippen LogP contribution in [0.2, 0.25) is 0 Å². The van der Waals surface area contributed by atoms with Crippen LogP contribution in [0.4, 0.5) is 0 Å². The van der Waals surface area contributed by atoms with Crippen LogP contribution in [0.1, 0.15) is 27.8 Å². The SMILES string of the molecule is Cc1cc2c3c(cccc3c1)C(c1ccccc1)=C2c1ccccc1. The summed E-state index contributed by atoms with van der Waals surface area (Å²) in [6.07, 6.45) is 0. The smallest absolute Gasteiger partial charge is 0.00200 e. The van der Waals surface area contributed by atoms with Gasteiger partial charge in [-0.05, 0) is 56.7 Å². The molecule has 4 aromatic carbocycles. The summed E-state index contributed by atoms with van der Waals surface area (Å²) in [6.45, 7) is 2.19. The molecule has 0 aromatic heterocycles. The van der Waals surface area contributed by atoms with Gasteiger partial charge in [0.2, 0.25) is 0 Å². The number of rotatable bonds is 2. The van der Waals surface area contributed by atoms with Crippen LogP contribution in [-0.4, -0.2) is 0 Å². The Morgan fingerprint density at radius 2 is 1.12 bits per heavy atom. The molecule has 0 bridgehead atoms. The maximum Gasteiger partial charge on any atom is -0.00200 e. The van der Waals surface area contributed by atoms with Crippen LogP contribution in [-0.2, 0) is 0 Å². The van der Waals surface area contributed by atoms with Crippen molar-refractivity contribution in [2.45, 2.75) is 6.92 Å². The highest BCUT2D eigenvalue weighted by Gasteiger charge is 2.26. The van der Waals surface area contributed by atoms with Gasteiger partial charge in [-0.25, -0.2) is 0 Å². The normalized spacial score (nSPS) is 12.8. The summed E-state index contributed by atoms with van der Waals surface area (Å²) in [5.41, 5.74) is 9.27. The van der Waals surface area contributed by atoms with E-state index in [4.69, 9.17) is 0 Å². The lowest BCUT2D eigenvalue weighted by molar-refractivity contribution is 1.48. The summed E-state index contributed by atoms with van der Waals surface area (Å²) in [5.74, 6) is 0. The van der Waals surface area contributed by atoms with Gasteiger partial charge in [0.1, 0.15) is 0 Å². The van der Waals surface area contributed by atoms with Gasteiger partial charge >= 0.3 is 0 Å². The van der Waals surface area contributed by atoms with Crippen LogP contribution in [0.15, 0.2) is 91.0 Å². The average Bonchev–Trinajstić information content (AvgIpc) is 2.99. The maximum absolute atomic E-state index is 2.34. The zero-order chi connectivity index (χ0) is 16.8. The second kappa shape index (κ2) is 5.46. The van der Waals surface area contributed by atoms with E-state index in [0.29, 0.717) is 0 Å². The van der Waals surface area contributed by atoms with Crippen LogP contribution in [0.3, 0.4) is 0 Å². The molecule has 0 saturated heterocycles. The van der Waals surface area contributed by atoms with Crippen LogP contribution in [0, 0.1) is 6.92 Å². The molecule has 25 heavy (non-hydrogen) atoms. The Balaban J connectivity index is 1.94. The van der Waals surface area contributed by atoms with Gasteiger partial charge in [0.05, 0.1) is 0 Å². The number of benzene rings is 4. The van der Waals surface area contributed by atoms with E-state index in [1.165, 1.54) is 49.7 Å². The van der Waals surface area contributed by atoms with Gasteiger partial charge in [0.25, 0.3) is 0 Å². The van der Waals surface area contributed by atoms with Gasteiger partial charge in [0, 0.05) is 0 Å². The van der Waals surface area contributed by atoms with Gasteiger partial charge in [-0.2, -0.15) is 0 Å². The van der Waals surface area contributed by atoms with Gasteiger partial charge in [-0.3, -0.25) is 0 Å². The summed E-state index contributed by atoms with van der Waals surface area (Å²) in [4.78, 5) is 0. The van der Waals surface area contributed by atoms with Crippen molar-refractivity contribution < 1.29 is 0 Å². The summed E-state index contributed by atoms with van der Waals surface area (Å²) in [5, 5.41) is 2.71. The van der Waals surface area contributed by atoms with Gasteiger partial charge in [-0.15, -0.1) is 0 Å². The van der Waals surface area contributed by atoms with Crippen molar-refractivity contribution in [3.63, 3.8) is 0 Å². The second-order valence-corrected chi connectivity index (χ2v) is 6.70. The first-order valence-corrected chi connectivity index (χ1v) is 8.72. The fraction of sp³-hybridized carbons (Fsp3) is 0.0400. The molecular weight excluding hydrogens is 300 g/mol. The molecule has 1 aliphatic rings. The minimum atomic E-state index is 1.28. The van der Waals surface area contributed by atoms with E-state index in [9.17, 15) is 0 Å². The van der Waals surface area contributed by atoms with E-state index in [-0.39, 0.29) is 0 Å². The first-order valence-electron chi connectivity index (χ1n) is 8.72. The third-order valence-corrected chi connectivity index (χ3v) is 5.03. The molecule has 0 radical (unpaired) electrons. The summed E-state index contributed by atoms with van der Waals surface area (Å²) in [6, 6.07) is 32.8. The lowest BCUT2D eigenvalue weighted by Crippen LogP contribution is -1.90. The lowest BCUT2D eigenvalue weighted by atomic mass is 9.92. The summed E-state index contributed by atoms with van der Waals surface area (Å²) in [7, 11) is 0. The minimum Gasteiger partial charge on any atom is -0.0622 e. The molecule has 118 valence electrons. The molecule has 0 N–H and O–H groups in total. The minimum absolute atomic E-state index is 1.28. The first kappa shape index (κ1) is 14.2. The monoisotopic (exact) mass is 318 g/mol. The van der Waals surface area contributed by atoms with E-state index >= 15 is 0 Å². The molecular formula is C25H18. The van der Waals surface area contributed by atoms with Gasteiger partial charge in [-0.1, -0.05) is 91.0 Å². The molecule has 0 fully saturated rings. The second-order valence-electron chi connectivity index (χ2n) is 6.70. The van der Waals surface area contributed by atoms with Crippen LogP contribution in [0.25, 0.3) is 21.9 Å². The molecule has 0 heteroatoms. The quantitative estimate of drug-likeness (QED) is 0.350. The zero-order valence-corrected chi connectivity index (χ0v) is 14.2. The average molecular weight is 318 g/mol. The van der Waals surface area contributed by atoms with E-state index in [1.807, 2.05) is 0 Å². The Bertz CT molecular complexity index is 1120. The third-order valence-electron chi connectivity index (χ3n) is 5.03. The van der Waals surface area contributed by atoms with E-state index in [2.05, 4.69) is 97.9 Å². The number of aryl methyl sites for hydroxylation is 1.